The molecule has 28 heavy (non-hydrogen) atoms. The molecule has 3 rings (SSSR count). The number of rotatable bonds is 7. The zero-order chi connectivity index (χ0) is 18.9. The van der Waals surface area contributed by atoms with E-state index < -0.39 is 0 Å². The van der Waals surface area contributed by atoms with Crippen molar-refractivity contribution >= 4 is 29.9 Å². The third-order valence-electron chi connectivity index (χ3n) is 4.30. The number of aliphatic imine (C=N–C) groups is 1. The average molecular weight is 490 g/mol. The quantitative estimate of drug-likeness (QED) is 0.296. The van der Waals surface area contributed by atoms with Crippen molar-refractivity contribution < 1.29 is 4.42 Å². The number of aromatic nitrogens is 1. The van der Waals surface area contributed by atoms with Gasteiger partial charge in [-0.05, 0) is 31.0 Å². The van der Waals surface area contributed by atoms with Gasteiger partial charge in [0.2, 0.25) is 5.89 Å². The summed E-state index contributed by atoms with van der Waals surface area (Å²) in [5.74, 6) is 1.46. The number of hydrogen-bond acceptors (Lipinski definition) is 3. The van der Waals surface area contributed by atoms with E-state index in [0.29, 0.717) is 5.89 Å². The summed E-state index contributed by atoms with van der Waals surface area (Å²) in [6.07, 6.45) is 3.46. The summed E-state index contributed by atoms with van der Waals surface area (Å²) in [5, 5.41) is 6.65. The number of aryl methyl sites for hydroxylation is 1. The van der Waals surface area contributed by atoms with Crippen LogP contribution < -0.4 is 10.6 Å². The number of nitrogens with one attached hydrogen (secondary N) is 2. The first-order valence-electron chi connectivity index (χ1n) is 9.24. The molecule has 0 radical (unpaired) electrons. The Labute approximate surface area is 183 Å². The summed E-state index contributed by atoms with van der Waals surface area (Å²) in [7, 11) is 1.78. The Balaban J connectivity index is 0.00000280. The molecule has 3 aromatic rings. The summed E-state index contributed by atoms with van der Waals surface area (Å²) in [6.45, 7) is 3.65. The van der Waals surface area contributed by atoms with E-state index in [2.05, 4.69) is 63.9 Å². The van der Waals surface area contributed by atoms with Gasteiger partial charge in [-0.15, -0.1) is 24.0 Å². The number of nitrogens with zero attached hydrogens (tertiary/aromatic N) is 2. The topological polar surface area (TPSA) is 62.5 Å². The van der Waals surface area contributed by atoms with Gasteiger partial charge in [-0.25, -0.2) is 4.98 Å². The molecule has 5 nitrogen and oxygen atoms in total. The minimum Gasteiger partial charge on any atom is -0.444 e. The molecule has 0 aliphatic rings. The maximum Gasteiger partial charge on any atom is 0.226 e. The molecule has 0 aliphatic heterocycles. The molecule has 6 heteroatoms. The third kappa shape index (κ3) is 6.67. The summed E-state index contributed by atoms with van der Waals surface area (Å²) in [6, 6.07) is 18.6. The molecule has 0 bridgehead atoms. The fourth-order valence-electron chi connectivity index (χ4n) is 2.75. The number of guanidine groups is 1. The number of halogens is 1. The Kier molecular flexibility index (Phi) is 9.00. The molecule has 2 aromatic carbocycles. The lowest BCUT2D eigenvalue weighted by Gasteiger charge is -2.11. The predicted molar refractivity (Wildman–Crippen MR) is 125 cm³/mol. The van der Waals surface area contributed by atoms with E-state index >= 15 is 0 Å². The lowest BCUT2D eigenvalue weighted by molar-refractivity contribution is 0.572. The second-order valence-electron chi connectivity index (χ2n) is 6.42. The van der Waals surface area contributed by atoms with Crippen LogP contribution in [0.2, 0.25) is 0 Å². The molecular weight excluding hydrogens is 463 g/mol. The molecule has 0 atom stereocenters. The largest absolute Gasteiger partial charge is 0.444 e. The van der Waals surface area contributed by atoms with Crippen LogP contribution >= 0.6 is 24.0 Å². The van der Waals surface area contributed by atoms with Crippen molar-refractivity contribution in [3.05, 3.63) is 77.7 Å². The van der Waals surface area contributed by atoms with E-state index in [9.17, 15) is 0 Å². The molecule has 0 saturated carbocycles. The zero-order valence-corrected chi connectivity index (χ0v) is 18.6. The molecule has 1 heterocycles. The van der Waals surface area contributed by atoms with Crippen LogP contribution in [0.4, 0.5) is 0 Å². The highest BCUT2D eigenvalue weighted by molar-refractivity contribution is 14.0. The van der Waals surface area contributed by atoms with Gasteiger partial charge in [-0.2, -0.15) is 0 Å². The van der Waals surface area contributed by atoms with Crippen LogP contribution in [0.15, 0.2) is 70.3 Å². The van der Waals surface area contributed by atoms with E-state index in [4.69, 9.17) is 4.42 Å². The fourth-order valence-corrected chi connectivity index (χ4v) is 2.75. The van der Waals surface area contributed by atoms with Gasteiger partial charge in [0, 0.05) is 32.1 Å². The number of benzene rings is 2. The zero-order valence-electron chi connectivity index (χ0n) is 16.3. The Morgan fingerprint density at radius 3 is 2.32 bits per heavy atom. The van der Waals surface area contributed by atoms with Gasteiger partial charge < -0.3 is 15.1 Å². The smallest absolute Gasteiger partial charge is 0.226 e. The maximum atomic E-state index is 5.60. The van der Waals surface area contributed by atoms with Crippen LogP contribution in [0, 0.1) is 6.92 Å². The first-order valence-corrected chi connectivity index (χ1v) is 9.24. The SMILES string of the molecule is CN=C(NCCc1ccccc1)NCCc1coc(-c2ccc(C)cc2)n1.I. The maximum absolute atomic E-state index is 5.60. The highest BCUT2D eigenvalue weighted by atomic mass is 127. The standard InChI is InChI=1S/C22H26N4O.HI/c1-17-8-10-19(11-9-17)21-26-20(16-27-21)13-15-25-22(23-2)24-14-12-18-6-4-3-5-7-18;/h3-11,16H,12-15H2,1-2H3,(H2,23,24,25);1H. The van der Waals surface area contributed by atoms with Gasteiger partial charge in [0.05, 0.1) is 5.69 Å². The summed E-state index contributed by atoms with van der Waals surface area (Å²) in [4.78, 5) is 8.83. The molecule has 148 valence electrons. The lowest BCUT2D eigenvalue weighted by Crippen LogP contribution is -2.39. The second kappa shape index (κ2) is 11.5. The lowest BCUT2D eigenvalue weighted by atomic mass is 10.1. The normalized spacial score (nSPS) is 11.0. The molecule has 0 fully saturated rings. The predicted octanol–water partition coefficient (Wildman–Crippen LogP) is 4.22. The monoisotopic (exact) mass is 490 g/mol. The van der Waals surface area contributed by atoms with Gasteiger partial charge in [0.15, 0.2) is 5.96 Å². The Morgan fingerprint density at radius 2 is 1.64 bits per heavy atom. The minimum atomic E-state index is 0. The molecule has 0 unspecified atom stereocenters. The Bertz CT molecular complexity index is 860. The van der Waals surface area contributed by atoms with Gasteiger partial charge in [0.25, 0.3) is 0 Å². The van der Waals surface area contributed by atoms with E-state index in [-0.39, 0.29) is 24.0 Å². The van der Waals surface area contributed by atoms with Crippen LogP contribution in [0.3, 0.4) is 0 Å². The summed E-state index contributed by atoms with van der Waals surface area (Å²) >= 11 is 0. The van der Waals surface area contributed by atoms with Gasteiger partial charge in [-0.3, -0.25) is 4.99 Å². The number of hydrogen-bond donors (Lipinski definition) is 2. The van der Waals surface area contributed by atoms with Gasteiger partial charge in [-0.1, -0.05) is 48.0 Å². The average Bonchev–Trinajstić information content (AvgIpc) is 3.17. The molecule has 0 amide bonds. The van der Waals surface area contributed by atoms with E-state index in [0.717, 1.165) is 43.1 Å². The minimum absolute atomic E-state index is 0. The fraction of sp³-hybridized carbons (Fsp3) is 0.273. The summed E-state index contributed by atoms with van der Waals surface area (Å²) in [5.41, 5.74) is 4.46. The van der Waals surface area contributed by atoms with Crippen LogP contribution in [0.1, 0.15) is 16.8 Å². The first kappa shape index (κ1) is 21.9. The highest BCUT2D eigenvalue weighted by Gasteiger charge is 2.07. The summed E-state index contributed by atoms with van der Waals surface area (Å²) < 4.78 is 5.60. The van der Waals surface area contributed by atoms with Crippen LogP contribution in [-0.2, 0) is 12.8 Å². The van der Waals surface area contributed by atoms with E-state index in [1.54, 1.807) is 13.3 Å². The van der Waals surface area contributed by atoms with Crippen LogP contribution in [0.25, 0.3) is 11.5 Å². The van der Waals surface area contributed by atoms with E-state index in [1.807, 2.05) is 18.2 Å². The Hall–Kier alpha value is -2.35. The highest BCUT2D eigenvalue weighted by Crippen LogP contribution is 2.19. The van der Waals surface area contributed by atoms with Crippen molar-refractivity contribution in [1.82, 2.24) is 15.6 Å². The molecule has 0 aliphatic carbocycles. The van der Waals surface area contributed by atoms with E-state index in [1.165, 1.54) is 11.1 Å². The molecule has 0 saturated heterocycles. The van der Waals surface area contributed by atoms with Gasteiger partial charge in [0.1, 0.15) is 6.26 Å². The van der Waals surface area contributed by atoms with Crippen LogP contribution in [-0.4, -0.2) is 31.1 Å². The first-order chi connectivity index (χ1) is 13.2. The molecule has 0 spiro atoms. The van der Waals surface area contributed by atoms with Crippen molar-refractivity contribution in [2.24, 2.45) is 4.99 Å². The molecular formula is C22H27IN4O. The molecule has 2 N–H and O–H groups in total. The van der Waals surface area contributed by atoms with Crippen LogP contribution in [0.5, 0.6) is 0 Å². The third-order valence-corrected chi connectivity index (χ3v) is 4.30. The van der Waals surface area contributed by atoms with Crippen molar-refractivity contribution in [2.75, 3.05) is 20.1 Å². The molecule has 1 aromatic heterocycles. The van der Waals surface area contributed by atoms with Crippen molar-refractivity contribution in [1.29, 1.82) is 0 Å². The van der Waals surface area contributed by atoms with Crippen molar-refractivity contribution in [3.8, 4) is 11.5 Å². The van der Waals surface area contributed by atoms with Crippen molar-refractivity contribution in [2.45, 2.75) is 19.8 Å². The second-order valence-corrected chi connectivity index (χ2v) is 6.42. The Morgan fingerprint density at radius 1 is 0.964 bits per heavy atom. The number of oxazole rings is 1. The van der Waals surface area contributed by atoms with Gasteiger partial charge >= 0.3 is 0 Å². The van der Waals surface area contributed by atoms with Crippen molar-refractivity contribution in [3.63, 3.8) is 0 Å².